The third-order valence-electron chi connectivity index (χ3n) is 5.63. The molecule has 0 radical (unpaired) electrons. The van der Waals surface area contributed by atoms with Gasteiger partial charge in [0, 0.05) is 45.8 Å². The number of furan rings is 1. The molecule has 2 fully saturated rings. The van der Waals surface area contributed by atoms with E-state index in [1.165, 1.54) is 0 Å². The van der Waals surface area contributed by atoms with E-state index in [1.807, 2.05) is 32.9 Å². The molecule has 2 saturated heterocycles. The molecule has 0 aliphatic carbocycles. The van der Waals surface area contributed by atoms with Gasteiger partial charge in [-0.3, -0.25) is 14.8 Å². The second kappa shape index (κ2) is 11.8. The third kappa shape index (κ3) is 7.76. The van der Waals surface area contributed by atoms with Crippen LogP contribution in [0.25, 0.3) is 0 Å². The molecule has 2 aliphatic heterocycles. The quantitative estimate of drug-likeness (QED) is 0.382. The van der Waals surface area contributed by atoms with E-state index in [-0.39, 0.29) is 6.04 Å². The highest BCUT2D eigenvalue weighted by molar-refractivity contribution is 5.79. The highest BCUT2D eigenvalue weighted by atomic mass is 16.5. The van der Waals surface area contributed by atoms with E-state index in [0.717, 1.165) is 70.7 Å². The topological polar surface area (TPSA) is 94.7 Å². The number of rotatable bonds is 9. The van der Waals surface area contributed by atoms with Crippen LogP contribution < -0.4 is 10.6 Å². The SMILES string of the molecule is CCNC(=NCC(C)(O)CN1CCOCC1)NCC(c1ccc(C)o1)N1CCOCC1. The lowest BCUT2D eigenvalue weighted by atomic mass is 10.1. The number of guanidine groups is 1. The lowest BCUT2D eigenvalue weighted by Crippen LogP contribution is -2.49. The summed E-state index contributed by atoms with van der Waals surface area (Å²) in [5.41, 5.74) is -0.901. The van der Waals surface area contributed by atoms with E-state index >= 15 is 0 Å². The molecule has 2 aliphatic rings. The maximum absolute atomic E-state index is 10.9. The van der Waals surface area contributed by atoms with Crippen LogP contribution in [-0.4, -0.2) is 105 Å². The number of hydrogen-bond donors (Lipinski definition) is 3. The number of aliphatic hydroxyl groups is 1. The fourth-order valence-corrected chi connectivity index (χ4v) is 4.01. The van der Waals surface area contributed by atoms with Crippen molar-refractivity contribution in [1.29, 1.82) is 0 Å². The van der Waals surface area contributed by atoms with Gasteiger partial charge < -0.3 is 29.6 Å². The van der Waals surface area contributed by atoms with Gasteiger partial charge in [0.1, 0.15) is 11.5 Å². The van der Waals surface area contributed by atoms with Gasteiger partial charge in [-0.25, -0.2) is 0 Å². The van der Waals surface area contributed by atoms with Crippen LogP contribution in [0.4, 0.5) is 0 Å². The largest absolute Gasteiger partial charge is 0.465 e. The number of ether oxygens (including phenoxy) is 2. The van der Waals surface area contributed by atoms with Crippen molar-refractivity contribution in [3.8, 4) is 0 Å². The summed E-state index contributed by atoms with van der Waals surface area (Å²) < 4.78 is 16.9. The van der Waals surface area contributed by atoms with Crippen LogP contribution >= 0.6 is 0 Å². The van der Waals surface area contributed by atoms with E-state index in [9.17, 15) is 5.11 Å². The minimum Gasteiger partial charge on any atom is -0.465 e. The number of nitrogens with zero attached hydrogens (tertiary/aromatic N) is 3. The first-order chi connectivity index (χ1) is 15.0. The van der Waals surface area contributed by atoms with E-state index in [4.69, 9.17) is 13.9 Å². The van der Waals surface area contributed by atoms with Crippen molar-refractivity contribution in [1.82, 2.24) is 20.4 Å². The molecule has 176 valence electrons. The van der Waals surface area contributed by atoms with Gasteiger partial charge in [-0.2, -0.15) is 0 Å². The molecular weight excluding hydrogens is 398 g/mol. The Morgan fingerprint density at radius 2 is 1.81 bits per heavy atom. The average molecular weight is 438 g/mol. The molecular formula is C22H39N5O4. The molecule has 0 spiro atoms. The molecule has 3 heterocycles. The Balaban J connectivity index is 1.61. The maximum Gasteiger partial charge on any atom is 0.191 e. The standard InChI is InChI=1S/C22H39N5O4/c1-4-23-21(25-16-22(3,28)17-26-7-11-29-12-8-26)24-15-19(20-6-5-18(2)31-20)27-9-13-30-14-10-27/h5-6,19,28H,4,7-17H2,1-3H3,(H2,23,24,25). The van der Waals surface area contributed by atoms with Crippen molar-refractivity contribution in [3.05, 3.63) is 23.7 Å². The number of β-amino-alcohol motifs (C(OH)–C–C–N with tert-alkyl or cyclic N) is 1. The molecule has 0 aromatic carbocycles. The molecule has 1 aromatic rings. The van der Waals surface area contributed by atoms with Gasteiger partial charge in [0.2, 0.25) is 0 Å². The molecule has 0 amide bonds. The van der Waals surface area contributed by atoms with Gasteiger partial charge >= 0.3 is 0 Å². The number of aryl methyl sites for hydroxylation is 1. The van der Waals surface area contributed by atoms with E-state index < -0.39 is 5.60 Å². The van der Waals surface area contributed by atoms with Gasteiger partial charge in [-0.1, -0.05) is 0 Å². The van der Waals surface area contributed by atoms with E-state index in [2.05, 4.69) is 25.4 Å². The molecule has 9 nitrogen and oxygen atoms in total. The third-order valence-corrected chi connectivity index (χ3v) is 5.63. The van der Waals surface area contributed by atoms with E-state index in [1.54, 1.807) is 0 Å². The van der Waals surface area contributed by atoms with Crippen molar-refractivity contribution in [3.63, 3.8) is 0 Å². The van der Waals surface area contributed by atoms with Gasteiger partial charge in [0.15, 0.2) is 5.96 Å². The zero-order valence-corrected chi connectivity index (χ0v) is 19.2. The Morgan fingerprint density at radius 3 is 2.42 bits per heavy atom. The Kier molecular flexibility index (Phi) is 9.15. The zero-order chi connectivity index (χ0) is 22.1. The highest BCUT2D eigenvalue weighted by Crippen LogP contribution is 2.23. The number of hydrogen-bond acceptors (Lipinski definition) is 7. The van der Waals surface area contributed by atoms with Crippen LogP contribution in [0.1, 0.15) is 31.4 Å². The summed E-state index contributed by atoms with van der Waals surface area (Å²) in [6.45, 7) is 14.5. The monoisotopic (exact) mass is 437 g/mol. The van der Waals surface area contributed by atoms with Crippen LogP contribution in [0.15, 0.2) is 21.5 Å². The van der Waals surface area contributed by atoms with Crippen molar-refractivity contribution in [2.45, 2.75) is 32.4 Å². The van der Waals surface area contributed by atoms with Crippen molar-refractivity contribution < 1.29 is 19.0 Å². The Hall–Kier alpha value is -1.65. The molecule has 1 aromatic heterocycles. The first-order valence-corrected chi connectivity index (χ1v) is 11.4. The number of aliphatic imine (C=N–C) groups is 1. The second-order valence-corrected chi connectivity index (χ2v) is 8.57. The minimum absolute atomic E-state index is 0.0929. The number of morpholine rings is 2. The molecule has 0 saturated carbocycles. The van der Waals surface area contributed by atoms with E-state index in [0.29, 0.717) is 25.6 Å². The van der Waals surface area contributed by atoms with Crippen molar-refractivity contribution in [2.75, 3.05) is 78.8 Å². The summed E-state index contributed by atoms with van der Waals surface area (Å²) in [6, 6.07) is 4.15. The Labute approximate surface area is 185 Å². The van der Waals surface area contributed by atoms with Gasteiger partial charge in [0.25, 0.3) is 0 Å². The summed E-state index contributed by atoms with van der Waals surface area (Å²) in [4.78, 5) is 9.29. The predicted molar refractivity (Wildman–Crippen MR) is 120 cm³/mol. The molecule has 3 N–H and O–H groups in total. The van der Waals surface area contributed by atoms with Gasteiger partial charge in [-0.05, 0) is 32.9 Å². The van der Waals surface area contributed by atoms with Crippen LogP contribution in [0.5, 0.6) is 0 Å². The molecule has 0 bridgehead atoms. The normalized spacial score (nSPS) is 22.1. The molecule has 9 heteroatoms. The fraction of sp³-hybridized carbons (Fsp3) is 0.773. The fourth-order valence-electron chi connectivity index (χ4n) is 4.01. The summed E-state index contributed by atoms with van der Waals surface area (Å²) in [6.07, 6.45) is 0. The lowest BCUT2D eigenvalue weighted by Gasteiger charge is -2.34. The lowest BCUT2D eigenvalue weighted by molar-refractivity contribution is -0.0180. The smallest absolute Gasteiger partial charge is 0.191 e. The van der Waals surface area contributed by atoms with Crippen LogP contribution in [0.3, 0.4) is 0 Å². The maximum atomic E-state index is 10.9. The molecule has 3 rings (SSSR count). The van der Waals surface area contributed by atoms with Crippen LogP contribution in [-0.2, 0) is 9.47 Å². The molecule has 2 atom stereocenters. The van der Waals surface area contributed by atoms with Gasteiger partial charge in [-0.15, -0.1) is 0 Å². The summed E-state index contributed by atoms with van der Waals surface area (Å²) in [5.74, 6) is 2.56. The summed E-state index contributed by atoms with van der Waals surface area (Å²) in [5, 5.41) is 17.6. The van der Waals surface area contributed by atoms with Crippen LogP contribution in [0.2, 0.25) is 0 Å². The zero-order valence-electron chi connectivity index (χ0n) is 19.2. The number of nitrogens with one attached hydrogen (secondary N) is 2. The average Bonchev–Trinajstić information content (AvgIpc) is 3.19. The molecule has 31 heavy (non-hydrogen) atoms. The minimum atomic E-state index is -0.901. The predicted octanol–water partition coefficient (Wildman–Crippen LogP) is 0.600. The second-order valence-electron chi connectivity index (χ2n) is 8.57. The highest BCUT2D eigenvalue weighted by Gasteiger charge is 2.27. The van der Waals surface area contributed by atoms with Crippen molar-refractivity contribution >= 4 is 5.96 Å². The first-order valence-electron chi connectivity index (χ1n) is 11.4. The first kappa shape index (κ1) is 24.0. The Morgan fingerprint density at radius 1 is 1.13 bits per heavy atom. The van der Waals surface area contributed by atoms with Crippen LogP contribution in [0, 0.1) is 6.92 Å². The summed E-state index contributed by atoms with van der Waals surface area (Å²) >= 11 is 0. The molecule has 2 unspecified atom stereocenters. The summed E-state index contributed by atoms with van der Waals surface area (Å²) in [7, 11) is 0. The van der Waals surface area contributed by atoms with Crippen molar-refractivity contribution in [2.24, 2.45) is 4.99 Å². The Bertz CT molecular complexity index is 681. The van der Waals surface area contributed by atoms with Gasteiger partial charge in [0.05, 0.1) is 44.6 Å².